The van der Waals surface area contributed by atoms with E-state index in [1.54, 1.807) is 8.05 Å². The quantitative estimate of drug-likeness (QED) is 0.468. The van der Waals surface area contributed by atoms with Crippen molar-refractivity contribution in [3.8, 4) is 0 Å². The molecule has 3 heteroatoms. The molecular weight excluding hydrogens is 125 g/mol. The fourth-order valence-electron chi connectivity index (χ4n) is 0.781. The van der Waals surface area contributed by atoms with Crippen molar-refractivity contribution in [2.24, 2.45) is 0 Å². The zero-order chi connectivity index (χ0) is 7.40. The monoisotopic (exact) mass is 135 g/mol. The van der Waals surface area contributed by atoms with Crippen molar-refractivity contribution < 1.29 is 4.65 Å². The number of benzene rings is 1. The van der Waals surface area contributed by atoms with E-state index in [0.717, 1.165) is 11.3 Å². The van der Waals surface area contributed by atoms with Crippen LogP contribution in [-0.4, -0.2) is 8.05 Å². The van der Waals surface area contributed by atoms with Crippen molar-refractivity contribution in [3.05, 3.63) is 29.8 Å². The van der Waals surface area contributed by atoms with Crippen molar-refractivity contribution in [3.63, 3.8) is 0 Å². The summed E-state index contributed by atoms with van der Waals surface area (Å²) < 4.78 is 4.93. The Hall–Kier alpha value is -0.955. The number of nitrogen functional groups attached to an aromatic ring is 1. The van der Waals surface area contributed by atoms with E-state index in [4.69, 9.17) is 10.4 Å². The van der Waals surface area contributed by atoms with Crippen LogP contribution in [0.4, 0.5) is 5.69 Å². The predicted molar refractivity (Wildman–Crippen MR) is 44.2 cm³/mol. The highest BCUT2D eigenvalue weighted by Gasteiger charge is 1.88. The molecule has 0 bridgehead atoms. The van der Waals surface area contributed by atoms with E-state index >= 15 is 0 Å². The SMILES string of the molecule is BOCc1ccc(N)cc1. The molecule has 2 N–H and O–H groups in total. The van der Waals surface area contributed by atoms with Crippen LogP contribution in [0.2, 0.25) is 0 Å². The molecule has 0 aliphatic heterocycles. The Labute approximate surface area is 61.4 Å². The molecule has 1 aromatic carbocycles. The molecule has 0 aliphatic rings. The molecule has 0 aromatic heterocycles. The van der Waals surface area contributed by atoms with Gasteiger partial charge in [0.15, 0.2) is 0 Å². The van der Waals surface area contributed by atoms with Gasteiger partial charge >= 0.3 is 0 Å². The fraction of sp³-hybridized carbons (Fsp3) is 0.143. The molecule has 0 aliphatic carbocycles. The zero-order valence-electron chi connectivity index (χ0n) is 6.00. The second kappa shape index (κ2) is 3.27. The summed E-state index contributed by atoms with van der Waals surface area (Å²) in [6, 6.07) is 7.65. The number of rotatable bonds is 2. The topological polar surface area (TPSA) is 35.2 Å². The van der Waals surface area contributed by atoms with Crippen LogP contribution < -0.4 is 5.73 Å². The van der Waals surface area contributed by atoms with Gasteiger partial charge in [-0.2, -0.15) is 0 Å². The Bertz CT molecular complexity index is 197. The molecule has 0 amide bonds. The molecule has 0 saturated carbocycles. The average Bonchev–Trinajstić information content (AvgIpc) is 1.95. The average molecular weight is 135 g/mol. The van der Waals surface area contributed by atoms with Gasteiger partial charge in [0.1, 0.15) is 0 Å². The smallest absolute Gasteiger partial charge is 0.257 e. The molecule has 0 heterocycles. The van der Waals surface area contributed by atoms with Crippen LogP contribution in [0.3, 0.4) is 0 Å². The maximum Gasteiger partial charge on any atom is 0.257 e. The summed E-state index contributed by atoms with van der Waals surface area (Å²) in [7, 11) is 1.68. The van der Waals surface area contributed by atoms with Crippen LogP contribution in [0.1, 0.15) is 5.56 Å². The van der Waals surface area contributed by atoms with Crippen LogP contribution in [0.25, 0.3) is 0 Å². The van der Waals surface area contributed by atoms with Crippen LogP contribution in [-0.2, 0) is 11.3 Å². The van der Waals surface area contributed by atoms with Gasteiger partial charge in [0.25, 0.3) is 8.05 Å². The summed E-state index contributed by atoms with van der Waals surface area (Å²) in [5, 5.41) is 0. The van der Waals surface area contributed by atoms with Crippen molar-refractivity contribution in [1.29, 1.82) is 0 Å². The van der Waals surface area contributed by atoms with Crippen LogP contribution >= 0.6 is 0 Å². The molecule has 1 rings (SSSR count). The van der Waals surface area contributed by atoms with Gasteiger partial charge in [-0.3, -0.25) is 0 Å². The Morgan fingerprint density at radius 2 is 1.90 bits per heavy atom. The van der Waals surface area contributed by atoms with Gasteiger partial charge < -0.3 is 10.4 Å². The molecule has 52 valence electrons. The summed E-state index contributed by atoms with van der Waals surface area (Å²) in [5.41, 5.74) is 7.42. The first-order valence-electron chi connectivity index (χ1n) is 3.16. The molecule has 1 aromatic rings. The largest absolute Gasteiger partial charge is 0.440 e. The Morgan fingerprint density at radius 1 is 1.30 bits per heavy atom. The van der Waals surface area contributed by atoms with Gasteiger partial charge in [-0.05, 0) is 17.7 Å². The molecule has 0 fully saturated rings. The Kier molecular flexibility index (Phi) is 2.34. The standard InChI is InChI=1S/C7H10BNO/c8-10-5-6-1-3-7(9)4-2-6/h1-4H,5,8-9H2. The van der Waals surface area contributed by atoms with E-state index < -0.39 is 0 Å². The van der Waals surface area contributed by atoms with E-state index in [9.17, 15) is 0 Å². The highest BCUT2D eigenvalue weighted by atomic mass is 16.4. The van der Waals surface area contributed by atoms with Crippen LogP contribution in [0.5, 0.6) is 0 Å². The molecule has 0 saturated heterocycles. The third kappa shape index (κ3) is 1.77. The Morgan fingerprint density at radius 3 is 2.40 bits per heavy atom. The van der Waals surface area contributed by atoms with Crippen molar-refractivity contribution >= 4 is 13.7 Å². The zero-order valence-corrected chi connectivity index (χ0v) is 6.00. The Balaban J connectivity index is 2.69. The maximum absolute atomic E-state index is 5.48. The highest BCUT2D eigenvalue weighted by Crippen LogP contribution is 2.05. The minimum absolute atomic E-state index is 0.653. The highest BCUT2D eigenvalue weighted by molar-refractivity contribution is 5.97. The van der Waals surface area contributed by atoms with Crippen molar-refractivity contribution in [1.82, 2.24) is 0 Å². The minimum Gasteiger partial charge on any atom is -0.440 e. The number of nitrogens with two attached hydrogens (primary N) is 1. The van der Waals surface area contributed by atoms with Gasteiger partial charge in [0, 0.05) is 5.69 Å². The maximum atomic E-state index is 5.48. The normalized spacial score (nSPS) is 9.60. The van der Waals surface area contributed by atoms with Crippen molar-refractivity contribution in [2.45, 2.75) is 6.61 Å². The third-order valence-electron chi connectivity index (χ3n) is 1.29. The lowest BCUT2D eigenvalue weighted by Crippen LogP contribution is -1.89. The summed E-state index contributed by atoms with van der Waals surface area (Å²) in [6.45, 7) is 0.653. The van der Waals surface area contributed by atoms with Crippen molar-refractivity contribution in [2.75, 3.05) is 5.73 Å². The number of hydrogen-bond donors (Lipinski definition) is 1. The molecule has 0 spiro atoms. The predicted octanol–water partition coefficient (Wildman–Crippen LogP) is 0.334. The molecule has 0 radical (unpaired) electrons. The van der Waals surface area contributed by atoms with E-state index in [2.05, 4.69) is 0 Å². The third-order valence-corrected chi connectivity index (χ3v) is 1.29. The van der Waals surface area contributed by atoms with Crippen LogP contribution in [0.15, 0.2) is 24.3 Å². The van der Waals surface area contributed by atoms with Gasteiger partial charge in [-0.15, -0.1) is 0 Å². The fourth-order valence-corrected chi connectivity index (χ4v) is 0.781. The van der Waals surface area contributed by atoms with E-state index in [0.29, 0.717) is 6.61 Å². The number of anilines is 1. The summed E-state index contributed by atoms with van der Waals surface area (Å²) in [5.74, 6) is 0. The molecule has 2 nitrogen and oxygen atoms in total. The second-order valence-electron chi connectivity index (χ2n) is 2.17. The number of hydrogen-bond acceptors (Lipinski definition) is 2. The molecule has 0 atom stereocenters. The van der Waals surface area contributed by atoms with Gasteiger partial charge in [-0.1, -0.05) is 12.1 Å². The van der Waals surface area contributed by atoms with E-state index in [1.807, 2.05) is 24.3 Å². The summed E-state index contributed by atoms with van der Waals surface area (Å²) in [4.78, 5) is 0. The molecular formula is C7H10BNO. The summed E-state index contributed by atoms with van der Waals surface area (Å²) >= 11 is 0. The second-order valence-corrected chi connectivity index (χ2v) is 2.17. The lowest BCUT2D eigenvalue weighted by atomic mass is 10.2. The summed E-state index contributed by atoms with van der Waals surface area (Å²) in [6.07, 6.45) is 0. The lowest BCUT2D eigenvalue weighted by molar-refractivity contribution is 0.338. The molecule has 0 unspecified atom stereocenters. The van der Waals surface area contributed by atoms with Gasteiger partial charge in [-0.25, -0.2) is 0 Å². The first-order valence-corrected chi connectivity index (χ1v) is 3.16. The molecule has 10 heavy (non-hydrogen) atoms. The van der Waals surface area contributed by atoms with Crippen LogP contribution in [0, 0.1) is 0 Å². The van der Waals surface area contributed by atoms with E-state index in [1.165, 1.54) is 0 Å². The lowest BCUT2D eigenvalue weighted by Gasteiger charge is -1.98. The van der Waals surface area contributed by atoms with E-state index in [-0.39, 0.29) is 0 Å². The van der Waals surface area contributed by atoms with Gasteiger partial charge in [0.05, 0.1) is 6.61 Å². The van der Waals surface area contributed by atoms with Gasteiger partial charge in [0.2, 0.25) is 0 Å². The minimum atomic E-state index is 0.653. The first kappa shape index (κ1) is 7.16. The first-order chi connectivity index (χ1) is 4.83.